The van der Waals surface area contributed by atoms with Gasteiger partial charge in [0.05, 0.1) is 6.61 Å². The maximum absolute atomic E-state index is 11.6. The van der Waals surface area contributed by atoms with Crippen LogP contribution < -0.4 is 10.6 Å². The standard InChI is InChI=1S/C13H21N3O4/c1-3-7-14-11(17)12(18)15-10-5-8-16(9-6-10)13(19)20-4-2/h3,10H,1,4-9H2,2H3,(H,14,17)(H,15,18). The smallest absolute Gasteiger partial charge is 0.409 e. The SMILES string of the molecule is C=CCNC(=O)C(=O)NC1CCN(C(=O)OCC)CC1. The van der Waals surface area contributed by atoms with Crippen LogP contribution in [0.5, 0.6) is 0 Å². The van der Waals surface area contributed by atoms with E-state index in [2.05, 4.69) is 17.2 Å². The summed E-state index contributed by atoms with van der Waals surface area (Å²) in [5.74, 6) is -1.32. The van der Waals surface area contributed by atoms with Gasteiger partial charge in [0.15, 0.2) is 0 Å². The molecule has 0 saturated carbocycles. The predicted molar refractivity (Wildman–Crippen MR) is 73.0 cm³/mol. The largest absolute Gasteiger partial charge is 0.450 e. The summed E-state index contributed by atoms with van der Waals surface area (Å²) in [6, 6.07) is -0.0948. The predicted octanol–water partition coefficient (Wildman–Crippen LogP) is 0.0257. The summed E-state index contributed by atoms with van der Waals surface area (Å²) in [6.07, 6.45) is 2.39. The zero-order valence-electron chi connectivity index (χ0n) is 11.7. The third-order valence-electron chi connectivity index (χ3n) is 2.97. The second kappa shape index (κ2) is 8.19. The summed E-state index contributed by atoms with van der Waals surface area (Å²) in [5.41, 5.74) is 0. The van der Waals surface area contributed by atoms with Crippen molar-refractivity contribution in [3.05, 3.63) is 12.7 Å². The van der Waals surface area contributed by atoms with Crippen molar-refractivity contribution >= 4 is 17.9 Å². The molecule has 3 amide bonds. The van der Waals surface area contributed by atoms with E-state index in [1.165, 1.54) is 6.08 Å². The molecule has 0 bridgehead atoms. The first kappa shape index (κ1) is 16.0. The van der Waals surface area contributed by atoms with Gasteiger partial charge in [-0.1, -0.05) is 6.08 Å². The quantitative estimate of drug-likeness (QED) is 0.562. The molecule has 1 saturated heterocycles. The number of nitrogens with zero attached hydrogens (tertiary/aromatic N) is 1. The summed E-state index contributed by atoms with van der Waals surface area (Å²) in [6.45, 7) is 6.84. The average molecular weight is 283 g/mol. The Morgan fingerprint density at radius 3 is 2.50 bits per heavy atom. The Morgan fingerprint density at radius 2 is 1.95 bits per heavy atom. The number of carbonyl (C=O) groups excluding carboxylic acids is 3. The van der Waals surface area contributed by atoms with E-state index in [9.17, 15) is 14.4 Å². The van der Waals surface area contributed by atoms with E-state index < -0.39 is 11.8 Å². The molecule has 0 aromatic carbocycles. The van der Waals surface area contributed by atoms with Crippen molar-refractivity contribution in [1.29, 1.82) is 0 Å². The Balaban J connectivity index is 2.31. The fourth-order valence-corrected chi connectivity index (χ4v) is 1.92. The third kappa shape index (κ3) is 4.91. The zero-order chi connectivity index (χ0) is 15.0. The van der Waals surface area contributed by atoms with Gasteiger partial charge in [-0.15, -0.1) is 6.58 Å². The lowest BCUT2D eigenvalue weighted by Gasteiger charge is -2.31. The van der Waals surface area contributed by atoms with Gasteiger partial charge >= 0.3 is 17.9 Å². The van der Waals surface area contributed by atoms with Gasteiger partial charge in [0.1, 0.15) is 0 Å². The van der Waals surface area contributed by atoms with Crippen LogP contribution in [0.15, 0.2) is 12.7 Å². The number of likely N-dealkylation sites (tertiary alicyclic amines) is 1. The molecule has 0 spiro atoms. The van der Waals surface area contributed by atoms with Gasteiger partial charge in [-0.25, -0.2) is 4.79 Å². The Morgan fingerprint density at radius 1 is 1.30 bits per heavy atom. The average Bonchev–Trinajstić information content (AvgIpc) is 2.45. The molecule has 1 aliphatic rings. The summed E-state index contributed by atoms with van der Waals surface area (Å²) < 4.78 is 4.91. The van der Waals surface area contributed by atoms with E-state index in [4.69, 9.17) is 4.74 Å². The highest BCUT2D eigenvalue weighted by atomic mass is 16.6. The summed E-state index contributed by atoms with van der Waals surface area (Å²) in [4.78, 5) is 36.0. The second-order valence-electron chi connectivity index (χ2n) is 4.43. The molecule has 20 heavy (non-hydrogen) atoms. The van der Waals surface area contributed by atoms with Crippen molar-refractivity contribution in [3.63, 3.8) is 0 Å². The van der Waals surface area contributed by atoms with Crippen molar-refractivity contribution in [2.75, 3.05) is 26.2 Å². The lowest BCUT2D eigenvalue weighted by atomic mass is 10.1. The van der Waals surface area contributed by atoms with E-state index in [1.807, 2.05) is 0 Å². The number of carbonyl (C=O) groups is 3. The van der Waals surface area contributed by atoms with Gasteiger partial charge in [-0.3, -0.25) is 9.59 Å². The van der Waals surface area contributed by atoms with Gasteiger partial charge in [-0.05, 0) is 19.8 Å². The van der Waals surface area contributed by atoms with E-state index in [0.717, 1.165) is 0 Å². The lowest BCUT2D eigenvalue weighted by Crippen LogP contribution is -2.50. The molecular formula is C13H21N3O4. The molecule has 0 aliphatic carbocycles. The van der Waals surface area contributed by atoms with Gasteiger partial charge in [0.25, 0.3) is 0 Å². The maximum atomic E-state index is 11.6. The zero-order valence-corrected chi connectivity index (χ0v) is 11.7. The molecule has 1 heterocycles. The van der Waals surface area contributed by atoms with Gasteiger partial charge < -0.3 is 20.3 Å². The molecular weight excluding hydrogens is 262 g/mol. The lowest BCUT2D eigenvalue weighted by molar-refractivity contribution is -0.139. The van der Waals surface area contributed by atoms with Crippen LogP contribution >= 0.6 is 0 Å². The maximum Gasteiger partial charge on any atom is 0.409 e. The topological polar surface area (TPSA) is 87.7 Å². The van der Waals surface area contributed by atoms with Crippen LogP contribution in [0, 0.1) is 0 Å². The Hall–Kier alpha value is -2.05. The minimum Gasteiger partial charge on any atom is -0.450 e. The molecule has 0 aromatic rings. The number of nitrogens with one attached hydrogen (secondary N) is 2. The Labute approximate surface area is 118 Å². The van der Waals surface area contributed by atoms with Crippen LogP contribution in [0.2, 0.25) is 0 Å². The van der Waals surface area contributed by atoms with Gasteiger partial charge in [0.2, 0.25) is 0 Å². The molecule has 0 atom stereocenters. The first-order valence-corrected chi connectivity index (χ1v) is 6.69. The number of piperidine rings is 1. The van der Waals surface area contributed by atoms with Crippen molar-refractivity contribution in [3.8, 4) is 0 Å². The van der Waals surface area contributed by atoms with Crippen LogP contribution in [-0.2, 0) is 14.3 Å². The molecule has 0 unspecified atom stereocenters. The summed E-state index contributed by atoms with van der Waals surface area (Å²) in [7, 11) is 0. The van der Waals surface area contributed by atoms with Crippen molar-refractivity contribution < 1.29 is 19.1 Å². The third-order valence-corrected chi connectivity index (χ3v) is 2.97. The highest BCUT2D eigenvalue weighted by Gasteiger charge is 2.25. The number of hydrogen-bond donors (Lipinski definition) is 2. The fraction of sp³-hybridized carbons (Fsp3) is 0.615. The van der Waals surface area contributed by atoms with E-state index in [-0.39, 0.29) is 18.7 Å². The minimum absolute atomic E-state index is 0.0948. The molecule has 1 aliphatic heterocycles. The van der Waals surface area contributed by atoms with Crippen LogP contribution in [0.3, 0.4) is 0 Å². The van der Waals surface area contributed by atoms with E-state index in [1.54, 1.807) is 11.8 Å². The number of ether oxygens (including phenoxy) is 1. The molecule has 2 N–H and O–H groups in total. The molecule has 1 rings (SSSR count). The number of amides is 3. The highest BCUT2D eigenvalue weighted by molar-refractivity contribution is 6.35. The molecule has 7 nitrogen and oxygen atoms in total. The highest BCUT2D eigenvalue weighted by Crippen LogP contribution is 2.11. The first-order valence-electron chi connectivity index (χ1n) is 6.69. The van der Waals surface area contributed by atoms with Gasteiger partial charge in [-0.2, -0.15) is 0 Å². The van der Waals surface area contributed by atoms with Gasteiger partial charge in [0, 0.05) is 25.7 Å². The monoisotopic (exact) mass is 283 g/mol. The van der Waals surface area contributed by atoms with Crippen LogP contribution in [0.25, 0.3) is 0 Å². The normalized spacial score (nSPS) is 15.3. The Kier molecular flexibility index (Phi) is 6.55. The Bertz CT molecular complexity index is 376. The molecule has 7 heteroatoms. The molecule has 0 radical (unpaired) electrons. The first-order chi connectivity index (χ1) is 9.58. The van der Waals surface area contributed by atoms with Crippen LogP contribution in [-0.4, -0.2) is 55.1 Å². The van der Waals surface area contributed by atoms with Crippen molar-refractivity contribution in [2.24, 2.45) is 0 Å². The van der Waals surface area contributed by atoms with Crippen molar-refractivity contribution in [2.45, 2.75) is 25.8 Å². The molecule has 112 valence electrons. The van der Waals surface area contributed by atoms with Crippen LogP contribution in [0.1, 0.15) is 19.8 Å². The van der Waals surface area contributed by atoms with Crippen molar-refractivity contribution in [1.82, 2.24) is 15.5 Å². The summed E-state index contributed by atoms with van der Waals surface area (Å²) in [5, 5.41) is 5.07. The number of hydrogen-bond acceptors (Lipinski definition) is 4. The van der Waals surface area contributed by atoms with E-state index >= 15 is 0 Å². The molecule has 1 fully saturated rings. The second-order valence-corrected chi connectivity index (χ2v) is 4.43. The number of rotatable bonds is 4. The summed E-state index contributed by atoms with van der Waals surface area (Å²) >= 11 is 0. The molecule has 0 aromatic heterocycles. The van der Waals surface area contributed by atoms with Crippen LogP contribution in [0.4, 0.5) is 4.79 Å². The minimum atomic E-state index is -0.669. The fourth-order valence-electron chi connectivity index (χ4n) is 1.92. The van der Waals surface area contributed by atoms with E-state index in [0.29, 0.717) is 32.5 Å².